The molecule has 1 aromatic heterocycles. The molecule has 1 heterocycles. The van der Waals surface area contributed by atoms with Crippen LogP contribution in [0.1, 0.15) is 0 Å². The Labute approximate surface area is 127 Å². The van der Waals surface area contributed by atoms with E-state index >= 15 is 0 Å². The summed E-state index contributed by atoms with van der Waals surface area (Å²) in [6.45, 7) is 0. The molecule has 110 valence electrons. The normalized spacial score (nSPS) is 11.0. The van der Waals surface area contributed by atoms with Gasteiger partial charge in [-0.05, 0) is 24.3 Å². The lowest BCUT2D eigenvalue weighted by Gasteiger charge is -1.97. The first-order chi connectivity index (χ1) is 10.8. The number of nitrogens with zero attached hydrogens (tertiary/aromatic N) is 2. The van der Waals surface area contributed by atoms with Crippen molar-refractivity contribution < 1.29 is 14.3 Å². The minimum Gasteiger partial charge on any atom is -0.497 e. The molecule has 0 saturated carbocycles. The van der Waals surface area contributed by atoms with Gasteiger partial charge in [0.05, 0.1) is 12.8 Å². The zero-order valence-corrected chi connectivity index (χ0v) is 11.9. The van der Waals surface area contributed by atoms with E-state index in [1.54, 1.807) is 37.4 Å². The molecule has 0 fully saturated rings. The van der Waals surface area contributed by atoms with E-state index in [4.69, 9.17) is 9.15 Å². The van der Waals surface area contributed by atoms with E-state index in [0.717, 1.165) is 11.3 Å². The molecule has 5 heteroatoms. The fourth-order valence-corrected chi connectivity index (χ4v) is 1.95. The second-order valence-corrected chi connectivity index (χ2v) is 4.57. The Hall–Kier alpha value is -3.08. The molecule has 0 amide bonds. The maximum absolute atomic E-state index is 9.81. The van der Waals surface area contributed by atoms with Gasteiger partial charge in [-0.3, -0.25) is 0 Å². The summed E-state index contributed by atoms with van der Waals surface area (Å²) in [5.41, 5.74) is 1.81. The van der Waals surface area contributed by atoms with Crippen LogP contribution in [0.15, 0.2) is 75.3 Å². The van der Waals surface area contributed by atoms with Gasteiger partial charge in [-0.1, -0.05) is 30.3 Å². The largest absolute Gasteiger partial charge is 0.497 e. The molecule has 0 saturated heterocycles. The minimum absolute atomic E-state index is 0.254. The number of furan rings is 1. The van der Waals surface area contributed by atoms with Crippen LogP contribution in [0.2, 0.25) is 0 Å². The second kappa shape index (κ2) is 6.13. The molecule has 0 atom stereocenters. The zero-order chi connectivity index (χ0) is 15.4. The van der Waals surface area contributed by atoms with Crippen molar-refractivity contribution >= 4 is 11.4 Å². The van der Waals surface area contributed by atoms with Crippen molar-refractivity contribution in [2.45, 2.75) is 0 Å². The molecule has 3 aromatic rings. The average molecular weight is 294 g/mol. The summed E-state index contributed by atoms with van der Waals surface area (Å²) in [7, 11) is 1.60. The zero-order valence-electron chi connectivity index (χ0n) is 11.9. The lowest BCUT2D eigenvalue weighted by atomic mass is 10.2. The summed E-state index contributed by atoms with van der Waals surface area (Å²) in [5, 5.41) is 17.9. The van der Waals surface area contributed by atoms with Gasteiger partial charge in [0.15, 0.2) is 5.69 Å². The van der Waals surface area contributed by atoms with E-state index in [0.29, 0.717) is 11.4 Å². The molecule has 0 radical (unpaired) electrons. The third-order valence-corrected chi connectivity index (χ3v) is 3.10. The highest BCUT2D eigenvalue weighted by atomic mass is 16.5. The van der Waals surface area contributed by atoms with Gasteiger partial charge in [-0.2, -0.15) is 5.11 Å². The van der Waals surface area contributed by atoms with E-state index < -0.39 is 0 Å². The Morgan fingerprint density at radius 2 is 1.68 bits per heavy atom. The van der Waals surface area contributed by atoms with Gasteiger partial charge in [0.2, 0.25) is 0 Å². The van der Waals surface area contributed by atoms with Crippen LogP contribution in [0.3, 0.4) is 0 Å². The fourth-order valence-electron chi connectivity index (χ4n) is 1.95. The van der Waals surface area contributed by atoms with Crippen molar-refractivity contribution in [2.24, 2.45) is 10.2 Å². The quantitative estimate of drug-likeness (QED) is 0.682. The predicted octanol–water partition coefficient (Wildman–Crippen LogP) is 5.08. The van der Waals surface area contributed by atoms with E-state index in [1.165, 1.54) is 0 Å². The molecule has 3 rings (SSSR count). The monoisotopic (exact) mass is 294 g/mol. The number of rotatable bonds is 4. The average Bonchev–Trinajstić information content (AvgIpc) is 2.95. The lowest BCUT2D eigenvalue weighted by molar-refractivity contribution is 0.339. The van der Waals surface area contributed by atoms with E-state index in [2.05, 4.69) is 10.2 Å². The third-order valence-electron chi connectivity index (χ3n) is 3.10. The van der Waals surface area contributed by atoms with E-state index in [9.17, 15) is 5.11 Å². The highest BCUT2D eigenvalue weighted by Gasteiger charge is 2.11. The first-order valence-electron chi connectivity index (χ1n) is 6.70. The standard InChI is InChI=1S/C17H14N2O3/c1-21-14-9-7-13(8-10-14)18-19-15-11-16(22-17(15)20)12-5-3-2-4-6-12/h2-11,20H,1H3. The van der Waals surface area contributed by atoms with Crippen molar-refractivity contribution in [1.82, 2.24) is 0 Å². The number of benzene rings is 2. The van der Waals surface area contributed by atoms with Gasteiger partial charge in [-0.15, -0.1) is 5.11 Å². The number of azo groups is 1. The minimum atomic E-state index is -0.254. The maximum atomic E-state index is 9.81. The van der Waals surface area contributed by atoms with Crippen LogP contribution in [-0.4, -0.2) is 12.2 Å². The lowest BCUT2D eigenvalue weighted by Crippen LogP contribution is -1.79. The summed E-state index contributed by atoms with van der Waals surface area (Å²) in [4.78, 5) is 0. The van der Waals surface area contributed by atoms with Crippen molar-refractivity contribution in [2.75, 3.05) is 7.11 Å². The highest BCUT2D eigenvalue weighted by molar-refractivity contribution is 5.64. The molecule has 0 aliphatic rings. The number of aromatic hydroxyl groups is 1. The van der Waals surface area contributed by atoms with Crippen LogP contribution < -0.4 is 4.74 Å². The molecule has 1 N–H and O–H groups in total. The summed E-state index contributed by atoms with van der Waals surface area (Å²) >= 11 is 0. The molecule has 0 aliphatic heterocycles. The van der Waals surface area contributed by atoms with Crippen LogP contribution in [0.4, 0.5) is 11.4 Å². The van der Waals surface area contributed by atoms with Crippen LogP contribution in [0.5, 0.6) is 11.7 Å². The number of ether oxygens (including phenoxy) is 1. The van der Waals surface area contributed by atoms with Gasteiger partial charge in [-0.25, -0.2) is 0 Å². The molecule has 0 spiro atoms. The molecular formula is C17H14N2O3. The Morgan fingerprint density at radius 1 is 0.955 bits per heavy atom. The van der Waals surface area contributed by atoms with Crippen molar-refractivity contribution in [3.8, 4) is 23.0 Å². The molecule has 0 aliphatic carbocycles. The Balaban J connectivity index is 1.83. The Kier molecular flexibility index (Phi) is 3.87. The Morgan fingerprint density at radius 3 is 2.36 bits per heavy atom. The molecule has 22 heavy (non-hydrogen) atoms. The van der Waals surface area contributed by atoms with Crippen LogP contribution >= 0.6 is 0 Å². The van der Waals surface area contributed by atoms with Crippen LogP contribution in [0.25, 0.3) is 11.3 Å². The van der Waals surface area contributed by atoms with Gasteiger partial charge in [0.25, 0.3) is 0 Å². The van der Waals surface area contributed by atoms with Crippen LogP contribution in [0, 0.1) is 0 Å². The number of methoxy groups -OCH3 is 1. The van der Waals surface area contributed by atoms with Gasteiger partial charge >= 0.3 is 5.95 Å². The SMILES string of the molecule is COc1ccc(N=Nc2cc(-c3ccccc3)oc2O)cc1. The van der Waals surface area contributed by atoms with Gasteiger partial charge < -0.3 is 14.3 Å². The van der Waals surface area contributed by atoms with Gasteiger partial charge in [0.1, 0.15) is 11.5 Å². The fraction of sp³-hybridized carbons (Fsp3) is 0.0588. The predicted molar refractivity (Wildman–Crippen MR) is 83.0 cm³/mol. The highest BCUT2D eigenvalue weighted by Crippen LogP contribution is 2.36. The van der Waals surface area contributed by atoms with E-state index in [-0.39, 0.29) is 11.6 Å². The summed E-state index contributed by atoms with van der Waals surface area (Å²) in [5.74, 6) is 1.04. The van der Waals surface area contributed by atoms with Crippen LogP contribution in [-0.2, 0) is 0 Å². The summed E-state index contributed by atoms with van der Waals surface area (Å²) in [6.07, 6.45) is 0. The Bertz CT molecular complexity index is 777. The van der Waals surface area contributed by atoms with E-state index in [1.807, 2.05) is 30.3 Å². The van der Waals surface area contributed by atoms with Crippen molar-refractivity contribution in [1.29, 1.82) is 0 Å². The first kappa shape index (κ1) is 13.9. The third kappa shape index (κ3) is 2.98. The topological polar surface area (TPSA) is 67.3 Å². The smallest absolute Gasteiger partial charge is 0.311 e. The molecule has 2 aromatic carbocycles. The van der Waals surface area contributed by atoms with Gasteiger partial charge in [0, 0.05) is 11.6 Å². The summed E-state index contributed by atoms with van der Waals surface area (Å²) < 4.78 is 10.4. The molecule has 5 nitrogen and oxygen atoms in total. The van der Waals surface area contributed by atoms with Crippen molar-refractivity contribution in [3.63, 3.8) is 0 Å². The molecule has 0 unspecified atom stereocenters. The summed E-state index contributed by atoms with van der Waals surface area (Å²) in [6, 6.07) is 18.3. The first-order valence-corrected chi connectivity index (χ1v) is 6.70. The second-order valence-electron chi connectivity index (χ2n) is 4.57. The number of hydrogen-bond donors (Lipinski definition) is 1. The number of hydrogen-bond acceptors (Lipinski definition) is 5. The molecule has 0 bridgehead atoms. The molecular weight excluding hydrogens is 280 g/mol. The van der Waals surface area contributed by atoms with Crippen molar-refractivity contribution in [3.05, 3.63) is 60.7 Å². The maximum Gasteiger partial charge on any atom is 0.311 e.